The minimum atomic E-state index is -1.04. The van der Waals surface area contributed by atoms with Gasteiger partial charge in [-0.2, -0.15) is 0 Å². The van der Waals surface area contributed by atoms with Gasteiger partial charge in [0.15, 0.2) is 0 Å². The molecular weight excluding hydrogens is 266 g/mol. The number of nitrogens with two attached hydrogens (primary N) is 1. The summed E-state index contributed by atoms with van der Waals surface area (Å²) in [7, 11) is 0. The molecule has 0 aromatic heterocycles. The lowest BCUT2D eigenvalue weighted by molar-refractivity contribution is -0.147. The summed E-state index contributed by atoms with van der Waals surface area (Å²) in [6.07, 6.45) is 0.380. The van der Waals surface area contributed by atoms with E-state index >= 15 is 0 Å². The number of morpholine rings is 1. The number of aliphatic carboxylic acids is 1. The van der Waals surface area contributed by atoms with Crippen LogP contribution in [0.1, 0.15) is 20.3 Å². The van der Waals surface area contributed by atoms with Crippen LogP contribution in [0.2, 0.25) is 0 Å². The molecule has 4 N–H and O–H groups in total. The van der Waals surface area contributed by atoms with Crippen LogP contribution in [0.25, 0.3) is 0 Å². The number of carboxylic acid groups (broad SMARTS) is 1. The first kappa shape index (κ1) is 16.2. The molecule has 0 bridgehead atoms. The lowest BCUT2D eigenvalue weighted by Gasteiger charge is -2.34. The third-order valence-corrected chi connectivity index (χ3v) is 3.64. The Hall–Kier alpha value is -1.83. The van der Waals surface area contributed by atoms with Crippen molar-refractivity contribution in [3.8, 4) is 0 Å². The van der Waals surface area contributed by atoms with Crippen LogP contribution in [-0.2, 0) is 14.3 Å². The summed E-state index contributed by atoms with van der Waals surface area (Å²) in [5, 5.41) is 11.7. The number of primary amides is 1. The van der Waals surface area contributed by atoms with Gasteiger partial charge in [-0.15, -0.1) is 0 Å². The predicted octanol–water partition coefficient (Wildman–Crippen LogP) is -0.617. The van der Waals surface area contributed by atoms with E-state index in [1.165, 1.54) is 4.90 Å². The Morgan fingerprint density at radius 3 is 2.65 bits per heavy atom. The van der Waals surface area contributed by atoms with E-state index in [-0.39, 0.29) is 19.7 Å². The van der Waals surface area contributed by atoms with Crippen molar-refractivity contribution in [2.24, 2.45) is 11.1 Å². The molecular formula is C12H21N3O5. The van der Waals surface area contributed by atoms with Gasteiger partial charge < -0.3 is 25.8 Å². The van der Waals surface area contributed by atoms with Crippen molar-refractivity contribution in [3.05, 3.63) is 0 Å². The number of ether oxygens (including phenoxy) is 1. The highest BCUT2D eigenvalue weighted by Gasteiger charge is 2.35. The van der Waals surface area contributed by atoms with Gasteiger partial charge in [0.25, 0.3) is 0 Å². The van der Waals surface area contributed by atoms with E-state index in [0.717, 1.165) is 0 Å². The Balaban J connectivity index is 2.65. The minimum absolute atomic E-state index is 0.0134. The zero-order chi connectivity index (χ0) is 15.3. The second-order valence-corrected chi connectivity index (χ2v) is 5.06. The van der Waals surface area contributed by atoms with Crippen LogP contribution in [0.5, 0.6) is 0 Å². The Morgan fingerprint density at radius 1 is 1.50 bits per heavy atom. The van der Waals surface area contributed by atoms with Crippen molar-refractivity contribution < 1.29 is 24.2 Å². The molecule has 1 heterocycles. The van der Waals surface area contributed by atoms with Crippen molar-refractivity contribution in [3.63, 3.8) is 0 Å². The lowest BCUT2D eigenvalue weighted by atomic mass is 9.88. The van der Waals surface area contributed by atoms with Gasteiger partial charge in [0.05, 0.1) is 18.6 Å². The van der Waals surface area contributed by atoms with Crippen LogP contribution in [0.15, 0.2) is 0 Å². The molecule has 0 aromatic rings. The van der Waals surface area contributed by atoms with Crippen LogP contribution >= 0.6 is 0 Å². The number of nitrogens with one attached hydrogen (secondary N) is 1. The van der Waals surface area contributed by atoms with Gasteiger partial charge in [0.1, 0.15) is 6.04 Å². The average Bonchev–Trinajstić information content (AvgIpc) is 2.44. The average molecular weight is 287 g/mol. The molecule has 8 heteroatoms. The molecule has 1 rings (SSSR count). The van der Waals surface area contributed by atoms with Gasteiger partial charge in [0, 0.05) is 13.1 Å². The molecule has 20 heavy (non-hydrogen) atoms. The number of amides is 3. The summed E-state index contributed by atoms with van der Waals surface area (Å²) in [5.41, 5.74) is 4.18. The van der Waals surface area contributed by atoms with E-state index < -0.39 is 29.4 Å². The third-order valence-electron chi connectivity index (χ3n) is 3.64. The first-order chi connectivity index (χ1) is 9.31. The van der Waals surface area contributed by atoms with Gasteiger partial charge in [-0.05, 0) is 13.3 Å². The zero-order valence-electron chi connectivity index (χ0n) is 11.7. The molecule has 1 aliphatic rings. The third kappa shape index (κ3) is 3.60. The Kier molecular flexibility index (Phi) is 5.32. The summed E-state index contributed by atoms with van der Waals surface area (Å²) >= 11 is 0. The van der Waals surface area contributed by atoms with Crippen molar-refractivity contribution >= 4 is 17.9 Å². The van der Waals surface area contributed by atoms with Crippen LogP contribution in [0.4, 0.5) is 4.79 Å². The van der Waals surface area contributed by atoms with Gasteiger partial charge in [-0.1, -0.05) is 6.92 Å². The molecule has 0 saturated carbocycles. The number of carboxylic acids is 1. The molecule has 3 amide bonds. The van der Waals surface area contributed by atoms with Gasteiger partial charge in [-0.3, -0.25) is 9.59 Å². The molecule has 1 fully saturated rings. The quantitative estimate of drug-likeness (QED) is 0.622. The molecule has 8 nitrogen and oxygen atoms in total. The van der Waals surface area contributed by atoms with Crippen LogP contribution in [0.3, 0.4) is 0 Å². The highest BCUT2D eigenvalue weighted by atomic mass is 16.5. The SMILES string of the molecule is CCC(C)(CNC(=O)N1CCOCC1C(N)=O)C(=O)O. The molecule has 1 saturated heterocycles. The second-order valence-electron chi connectivity index (χ2n) is 5.06. The number of urea groups is 1. The maximum Gasteiger partial charge on any atom is 0.318 e. The van der Waals surface area contributed by atoms with E-state index in [9.17, 15) is 14.4 Å². The van der Waals surface area contributed by atoms with Gasteiger partial charge >= 0.3 is 12.0 Å². The van der Waals surface area contributed by atoms with E-state index in [0.29, 0.717) is 13.0 Å². The molecule has 2 unspecified atom stereocenters. The van der Waals surface area contributed by atoms with E-state index in [1.54, 1.807) is 13.8 Å². The van der Waals surface area contributed by atoms with E-state index in [4.69, 9.17) is 15.6 Å². The smallest absolute Gasteiger partial charge is 0.318 e. The first-order valence-electron chi connectivity index (χ1n) is 6.46. The summed E-state index contributed by atoms with van der Waals surface area (Å²) in [4.78, 5) is 35.8. The van der Waals surface area contributed by atoms with Gasteiger partial charge in [0.2, 0.25) is 5.91 Å². The zero-order valence-corrected chi connectivity index (χ0v) is 11.7. The fourth-order valence-corrected chi connectivity index (χ4v) is 1.81. The predicted molar refractivity (Wildman–Crippen MR) is 69.9 cm³/mol. The van der Waals surface area contributed by atoms with Crippen LogP contribution in [0, 0.1) is 5.41 Å². The molecule has 0 spiro atoms. The molecule has 0 radical (unpaired) electrons. The summed E-state index contributed by atoms with van der Waals surface area (Å²) in [5.74, 6) is -1.62. The van der Waals surface area contributed by atoms with Crippen molar-refractivity contribution in [2.45, 2.75) is 26.3 Å². The largest absolute Gasteiger partial charge is 0.481 e. The number of nitrogens with zero attached hydrogens (tertiary/aromatic N) is 1. The highest BCUT2D eigenvalue weighted by Crippen LogP contribution is 2.20. The summed E-state index contributed by atoms with van der Waals surface area (Å²) in [6.45, 7) is 3.91. The van der Waals surface area contributed by atoms with Crippen LogP contribution < -0.4 is 11.1 Å². The maximum absolute atomic E-state index is 12.1. The fourth-order valence-electron chi connectivity index (χ4n) is 1.81. The van der Waals surface area contributed by atoms with Crippen LogP contribution in [-0.4, -0.2) is 60.3 Å². The maximum atomic E-state index is 12.1. The molecule has 1 aliphatic heterocycles. The van der Waals surface area contributed by atoms with Crippen molar-refractivity contribution in [1.82, 2.24) is 10.2 Å². The lowest BCUT2D eigenvalue weighted by Crippen LogP contribution is -2.58. The summed E-state index contributed by atoms with van der Waals surface area (Å²) < 4.78 is 5.11. The van der Waals surface area contributed by atoms with Gasteiger partial charge in [-0.25, -0.2) is 4.79 Å². The summed E-state index contributed by atoms with van der Waals surface area (Å²) in [6, 6.07) is -1.32. The second kappa shape index (κ2) is 6.56. The monoisotopic (exact) mass is 287 g/mol. The fraction of sp³-hybridized carbons (Fsp3) is 0.750. The number of carbonyl (C=O) groups excluding carboxylic acids is 2. The topological polar surface area (TPSA) is 122 Å². The standard InChI is InChI=1S/C12H21N3O5/c1-3-12(2,10(17)18)7-14-11(19)15-4-5-20-6-8(15)9(13)16/h8H,3-7H2,1-2H3,(H2,13,16)(H,14,19)(H,17,18). The molecule has 0 aromatic carbocycles. The molecule has 2 atom stereocenters. The normalized spacial score (nSPS) is 21.9. The van der Waals surface area contributed by atoms with E-state index in [2.05, 4.69) is 5.32 Å². The highest BCUT2D eigenvalue weighted by molar-refractivity contribution is 5.86. The minimum Gasteiger partial charge on any atom is -0.481 e. The Labute approximate surface area is 117 Å². The molecule has 114 valence electrons. The number of hydrogen-bond donors (Lipinski definition) is 3. The Morgan fingerprint density at radius 2 is 2.15 bits per heavy atom. The van der Waals surface area contributed by atoms with Crippen molar-refractivity contribution in [2.75, 3.05) is 26.3 Å². The van der Waals surface area contributed by atoms with Crippen molar-refractivity contribution in [1.29, 1.82) is 0 Å². The number of rotatable bonds is 5. The Bertz CT molecular complexity index is 401. The first-order valence-corrected chi connectivity index (χ1v) is 6.46. The number of carbonyl (C=O) groups is 3. The van der Waals surface area contributed by atoms with E-state index in [1.807, 2.05) is 0 Å². The number of hydrogen-bond acceptors (Lipinski definition) is 4. The molecule has 0 aliphatic carbocycles.